The molecule has 0 aromatic heterocycles. The fourth-order valence-electron chi connectivity index (χ4n) is 4.11. The third-order valence-electron chi connectivity index (χ3n) is 5.83. The lowest BCUT2D eigenvalue weighted by Gasteiger charge is -2.28. The lowest BCUT2D eigenvalue weighted by Crippen LogP contribution is -2.46. The van der Waals surface area contributed by atoms with E-state index in [1.54, 1.807) is 11.8 Å². The molecule has 2 aromatic carbocycles. The molecule has 1 saturated carbocycles. The predicted molar refractivity (Wildman–Crippen MR) is 135 cm³/mol. The molecule has 2 aromatic rings. The maximum Gasteiger partial charge on any atom is 0.322 e. The van der Waals surface area contributed by atoms with Crippen LogP contribution >= 0.6 is 11.8 Å². The van der Waals surface area contributed by atoms with Gasteiger partial charge in [0.2, 0.25) is 0 Å². The molecule has 3 rings (SSSR count). The zero-order valence-electron chi connectivity index (χ0n) is 19.8. The fourth-order valence-corrected chi connectivity index (χ4v) is 5.07. The topological polar surface area (TPSA) is 58.6 Å². The van der Waals surface area contributed by atoms with Gasteiger partial charge in [0.25, 0.3) is 0 Å². The van der Waals surface area contributed by atoms with Gasteiger partial charge in [-0.3, -0.25) is 9.69 Å². The van der Waals surface area contributed by atoms with E-state index in [9.17, 15) is 9.59 Å². The summed E-state index contributed by atoms with van der Waals surface area (Å²) in [5.74, 6) is -0.211. The highest BCUT2D eigenvalue weighted by atomic mass is 32.2. The zero-order valence-corrected chi connectivity index (χ0v) is 20.7. The highest BCUT2D eigenvalue weighted by Crippen LogP contribution is 2.31. The van der Waals surface area contributed by atoms with Gasteiger partial charge in [-0.15, -0.1) is 0 Å². The van der Waals surface area contributed by atoms with Crippen LogP contribution in [0.4, 0.5) is 10.5 Å². The largest absolute Gasteiger partial charge is 0.466 e. The van der Waals surface area contributed by atoms with Crippen LogP contribution in [0.3, 0.4) is 0 Å². The number of nitrogens with one attached hydrogen (secondary N) is 1. The van der Waals surface area contributed by atoms with Gasteiger partial charge in [0, 0.05) is 28.1 Å². The average Bonchev–Trinajstić information content (AvgIpc) is 2.81. The van der Waals surface area contributed by atoms with Gasteiger partial charge >= 0.3 is 12.0 Å². The van der Waals surface area contributed by atoms with Crippen LogP contribution in [0.1, 0.15) is 64.4 Å². The summed E-state index contributed by atoms with van der Waals surface area (Å²) < 4.78 is 5.07. The molecule has 0 radical (unpaired) electrons. The number of nitrogens with zero attached hydrogens (tertiary/aromatic N) is 1. The molecule has 0 saturated heterocycles. The molecule has 1 N–H and O–H groups in total. The van der Waals surface area contributed by atoms with Crippen molar-refractivity contribution in [1.29, 1.82) is 0 Å². The first kappa shape index (κ1) is 25.2. The molecule has 6 heteroatoms. The molecular weight excluding hydrogens is 432 g/mol. The average molecular weight is 469 g/mol. The Bertz CT molecular complexity index is 912. The second-order valence-corrected chi connectivity index (χ2v) is 9.67. The van der Waals surface area contributed by atoms with E-state index in [1.165, 1.54) is 19.3 Å². The number of hydrogen-bond donors (Lipinski definition) is 1. The predicted octanol–water partition coefficient (Wildman–Crippen LogP) is 6.59. The monoisotopic (exact) mass is 468 g/mol. The van der Waals surface area contributed by atoms with Gasteiger partial charge in [-0.25, -0.2) is 4.79 Å². The first-order valence-electron chi connectivity index (χ1n) is 12.2. The maximum atomic E-state index is 13.2. The zero-order chi connectivity index (χ0) is 23.5. The summed E-state index contributed by atoms with van der Waals surface area (Å²) >= 11 is 1.63. The summed E-state index contributed by atoms with van der Waals surface area (Å²) in [5.41, 5.74) is 1.86. The van der Waals surface area contributed by atoms with Gasteiger partial charge in [-0.2, -0.15) is 0 Å². The molecule has 1 fully saturated rings. The first-order valence-corrected chi connectivity index (χ1v) is 13.0. The number of carbonyl (C=O) groups excluding carboxylic acids is 2. The second kappa shape index (κ2) is 13.3. The molecule has 178 valence electrons. The van der Waals surface area contributed by atoms with Crippen molar-refractivity contribution >= 4 is 29.4 Å². The fraction of sp³-hybridized carbons (Fsp3) is 0.481. The van der Waals surface area contributed by atoms with Gasteiger partial charge in [-0.05, 0) is 62.1 Å². The van der Waals surface area contributed by atoms with Crippen LogP contribution in [0, 0.1) is 0 Å². The van der Waals surface area contributed by atoms with Crippen molar-refractivity contribution in [1.82, 2.24) is 5.32 Å². The van der Waals surface area contributed by atoms with E-state index in [2.05, 4.69) is 24.4 Å². The lowest BCUT2D eigenvalue weighted by atomic mass is 9.96. The van der Waals surface area contributed by atoms with E-state index in [0.29, 0.717) is 13.2 Å². The Kier molecular flexibility index (Phi) is 10.1. The summed E-state index contributed by atoms with van der Waals surface area (Å²) in [6.07, 6.45) is 8.08. The highest BCUT2D eigenvalue weighted by molar-refractivity contribution is 7.99. The quantitative estimate of drug-likeness (QED) is 0.400. The SMILES string of the molecule is CCCCN(C(=O)NC1CCCCC1)c1cccc(Sc2cccc(CC(=O)OCC)c2)c1. The molecule has 5 nitrogen and oxygen atoms in total. The van der Waals surface area contributed by atoms with E-state index in [1.807, 2.05) is 48.2 Å². The van der Waals surface area contributed by atoms with Crippen molar-refractivity contribution < 1.29 is 14.3 Å². The molecule has 1 aliphatic rings. The molecular formula is C27H36N2O3S. The first-order chi connectivity index (χ1) is 16.1. The Morgan fingerprint density at radius 1 is 1.03 bits per heavy atom. The van der Waals surface area contributed by atoms with Crippen LogP contribution in [0.5, 0.6) is 0 Å². The number of esters is 1. The van der Waals surface area contributed by atoms with Crippen LogP contribution in [-0.2, 0) is 16.0 Å². The van der Waals surface area contributed by atoms with Crippen LogP contribution < -0.4 is 10.2 Å². The summed E-state index contributed by atoms with van der Waals surface area (Å²) in [6.45, 7) is 5.06. The number of unbranched alkanes of at least 4 members (excludes halogenated alkanes) is 1. The van der Waals surface area contributed by atoms with Gasteiger partial charge in [0.05, 0.1) is 13.0 Å². The summed E-state index contributed by atoms with van der Waals surface area (Å²) in [6, 6.07) is 16.4. The molecule has 0 bridgehead atoms. The van der Waals surface area contributed by atoms with E-state index in [4.69, 9.17) is 4.74 Å². The number of carbonyl (C=O) groups is 2. The third kappa shape index (κ3) is 8.11. The number of amides is 2. The summed E-state index contributed by atoms with van der Waals surface area (Å²) in [4.78, 5) is 29.0. The molecule has 0 unspecified atom stereocenters. The molecule has 1 aliphatic carbocycles. The molecule has 0 spiro atoms. The maximum absolute atomic E-state index is 13.2. The van der Waals surface area contributed by atoms with Crippen molar-refractivity contribution in [2.45, 2.75) is 81.0 Å². The van der Waals surface area contributed by atoms with E-state index in [0.717, 1.165) is 46.7 Å². The number of urea groups is 1. The van der Waals surface area contributed by atoms with Crippen LogP contribution in [0.2, 0.25) is 0 Å². The smallest absolute Gasteiger partial charge is 0.322 e. The Morgan fingerprint density at radius 2 is 1.76 bits per heavy atom. The highest BCUT2D eigenvalue weighted by Gasteiger charge is 2.21. The number of hydrogen-bond acceptors (Lipinski definition) is 4. The van der Waals surface area contributed by atoms with Gasteiger partial charge in [0.15, 0.2) is 0 Å². The second-order valence-electron chi connectivity index (χ2n) is 8.52. The van der Waals surface area contributed by atoms with Crippen molar-refractivity contribution in [2.24, 2.45) is 0 Å². The minimum Gasteiger partial charge on any atom is -0.466 e. The normalized spacial score (nSPS) is 14.0. The van der Waals surface area contributed by atoms with E-state index in [-0.39, 0.29) is 24.5 Å². The number of anilines is 1. The Hall–Kier alpha value is -2.47. The van der Waals surface area contributed by atoms with Crippen molar-refractivity contribution in [3.63, 3.8) is 0 Å². The van der Waals surface area contributed by atoms with Crippen LogP contribution in [0.15, 0.2) is 58.3 Å². The molecule has 2 amide bonds. The summed E-state index contributed by atoms with van der Waals surface area (Å²) in [5, 5.41) is 3.27. The molecule has 0 heterocycles. The minimum atomic E-state index is -0.211. The van der Waals surface area contributed by atoms with E-state index < -0.39 is 0 Å². The summed E-state index contributed by atoms with van der Waals surface area (Å²) in [7, 11) is 0. The van der Waals surface area contributed by atoms with Crippen LogP contribution in [0.25, 0.3) is 0 Å². The van der Waals surface area contributed by atoms with Crippen molar-refractivity contribution in [3.8, 4) is 0 Å². The Labute approximate surface area is 202 Å². The minimum absolute atomic E-state index is 0.00827. The molecule has 0 atom stereocenters. The van der Waals surface area contributed by atoms with Crippen molar-refractivity contribution in [2.75, 3.05) is 18.1 Å². The number of ether oxygens (including phenoxy) is 1. The molecule has 33 heavy (non-hydrogen) atoms. The third-order valence-corrected chi connectivity index (χ3v) is 6.81. The van der Waals surface area contributed by atoms with Crippen LogP contribution in [-0.4, -0.2) is 31.2 Å². The van der Waals surface area contributed by atoms with E-state index >= 15 is 0 Å². The Morgan fingerprint density at radius 3 is 2.48 bits per heavy atom. The number of rotatable bonds is 10. The lowest BCUT2D eigenvalue weighted by molar-refractivity contribution is -0.142. The standard InChI is InChI=1S/C27H36N2O3S/c1-3-5-17-29(27(31)28-22-12-7-6-8-13-22)23-14-10-16-25(20-23)33-24-15-9-11-21(18-24)19-26(30)32-4-2/h9-11,14-16,18,20,22H,3-8,12-13,17,19H2,1-2H3,(H,28,31). The van der Waals surface area contributed by atoms with Gasteiger partial charge in [-0.1, -0.05) is 62.6 Å². The van der Waals surface area contributed by atoms with Gasteiger partial charge < -0.3 is 10.1 Å². The van der Waals surface area contributed by atoms with Gasteiger partial charge in [0.1, 0.15) is 0 Å². The molecule has 0 aliphatic heterocycles. The van der Waals surface area contributed by atoms with Crippen molar-refractivity contribution in [3.05, 3.63) is 54.1 Å². The number of benzene rings is 2. The Balaban J connectivity index is 1.71.